The van der Waals surface area contributed by atoms with Crippen molar-refractivity contribution in [2.75, 3.05) is 13.9 Å². The Morgan fingerprint density at radius 3 is 2.68 bits per heavy atom. The largest absolute Gasteiger partial charge is 0.504 e. The van der Waals surface area contributed by atoms with Crippen LogP contribution in [0.5, 0.6) is 23.0 Å². The minimum absolute atomic E-state index is 0.0120. The van der Waals surface area contributed by atoms with Crippen molar-refractivity contribution in [3.63, 3.8) is 0 Å². The second-order valence-electron chi connectivity index (χ2n) is 6.79. The molecule has 1 N–H and O–H groups in total. The molecule has 0 aromatic heterocycles. The van der Waals surface area contributed by atoms with Gasteiger partial charge in [0.25, 0.3) is 11.1 Å². The number of allylic oxidation sites excluding steroid dienone is 1. The number of ether oxygens (including phenoxy) is 3. The lowest BCUT2D eigenvalue weighted by atomic mass is 10.1. The number of amides is 2. The van der Waals surface area contributed by atoms with Gasteiger partial charge in [-0.1, -0.05) is 17.7 Å². The van der Waals surface area contributed by atoms with Gasteiger partial charge in [-0.05, 0) is 53.6 Å². The first kappa shape index (κ1) is 21.1. The van der Waals surface area contributed by atoms with Gasteiger partial charge in [-0.15, -0.1) is 6.58 Å². The van der Waals surface area contributed by atoms with E-state index < -0.39 is 11.1 Å². The summed E-state index contributed by atoms with van der Waals surface area (Å²) in [7, 11) is 1.44. The van der Waals surface area contributed by atoms with Crippen molar-refractivity contribution in [2.45, 2.75) is 13.0 Å². The molecule has 2 aromatic carbocycles. The topological polar surface area (TPSA) is 85.3 Å². The summed E-state index contributed by atoms with van der Waals surface area (Å²) in [6.07, 6.45) is 3.68. The molecule has 0 unspecified atom stereocenters. The number of phenolic OH excluding ortho intramolecular Hbond substituents is 1. The van der Waals surface area contributed by atoms with Gasteiger partial charge in [0.15, 0.2) is 23.0 Å². The molecule has 0 atom stereocenters. The van der Waals surface area contributed by atoms with Crippen LogP contribution in [0.25, 0.3) is 6.08 Å². The number of imide groups is 1. The number of halogens is 1. The quantitative estimate of drug-likeness (QED) is 0.493. The number of hydrogen-bond acceptors (Lipinski definition) is 7. The van der Waals surface area contributed by atoms with Crippen LogP contribution in [0, 0.1) is 0 Å². The first-order valence-electron chi connectivity index (χ1n) is 9.25. The van der Waals surface area contributed by atoms with Gasteiger partial charge in [-0.25, -0.2) is 0 Å². The highest BCUT2D eigenvalue weighted by molar-refractivity contribution is 8.18. The molecule has 2 aliphatic heterocycles. The number of hydrogen-bond donors (Lipinski definition) is 1. The van der Waals surface area contributed by atoms with Gasteiger partial charge in [0.2, 0.25) is 6.79 Å². The molecule has 160 valence electrons. The molecule has 7 nitrogen and oxygen atoms in total. The Kier molecular flexibility index (Phi) is 5.84. The number of rotatable bonds is 6. The molecule has 0 radical (unpaired) electrons. The van der Waals surface area contributed by atoms with Crippen LogP contribution in [-0.4, -0.2) is 35.1 Å². The lowest BCUT2D eigenvalue weighted by Crippen LogP contribution is -2.27. The summed E-state index contributed by atoms with van der Waals surface area (Å²) >= 11 is 7.13. The van der Waals surface area contributed by atoms with E-state index >= 15 is 0 Å². The summed E-state index contributed by atoms with van der Waals surface area (Å²) in [4.78, 5) is 26.8. The molecule has 0 spiro atoms. The fourth-order valence-corrected chi connectivity index (χ4v) is 4.33. The number of phenols is 1. The van der Waals surface area contributed by atoms with Gasteiger partial charge in [-0.2, -0.15) is 0 Å². The Hall–Kier alpha value is -3.10. The number of nitrogens with zero attached hydrogens (tertiary/aromatic N) is 1. The summed E-state index contributed by atoms with van der Waals surface area (Å²) in [5.41, 5.74) is 1.80. The number of carbonyl (C=O) groups excluding carboxylic acids is 2. The predicted molar refractivity (Wildman–Crippen MR) is 118 cm³/mol. The van der Waals surface area contributed by atoms with Crippen molar-refractivity contribution in [1.82, 2.24) is 4.90 Å². The van der Waals surface area contributed by atoms with E-state index in [1.165, 1.54) is 7.11 Å². The van der Waals surface area contributed by atoms with Crippen molar-refractivity contribution in [2.24, 2.45) is 0 Å². The Morgan fingerprint density at radius 2 is 1.97 bits per heavy atom. The molecule has 1 saturated heterocycles. The minimum Gasteiger partial charge on any atom is -0.504 e. The van der Waals surface area contributed by atoms with Crippen LogP contribution in [0.15, 0.2) is 41.8 Å². The molecule has 2 aliphatic rings. The van der Waals surface area contributed by atoms with Crippen LogP contribution in [0.3, 0.4) is 0 Å². The van der Waals surface area contributed by atoms with E-state index in [1.54, 1.807) is 36.4 Å². The Labute approximate surface area is 187 Å². The van der Waals surface area contributed by atoms with E-state index in [0.717, 1.165) is 16.7 Å². The van der Waals surface area contributed by atoms with E-state index in [4.69, 9.17) is 25.8 Å². The zero-order valence-corrected chi connectivity index (χ0v) is 18.1. The lowest BCUT2D eigenvalue weighted by Gasteiger charge is -2.14. The summed E-state index contributed by atoms with van der Waals surface area (Å²) in [5, 5.41) is 10.2. The normalized spacial score (nSPS) is 16.3. The van der Waals surface area contributed by atoms with Gasteiger partial charge in [-0.3, -0.25) is 14.5 Å². The highest BCUT2D eigenvalue weighted by atomic mass is 35.5. The number of thioether (sulfide) groups is 1. The van der Waals surface area contributed by atoms with Crippen LogP contribution >= 0.6 is 23.4 Å². The number of benzene rings is 2. The smallest absolute Gasteiger partial charge is 0.293 e. The Morgan fingerprint density at radius 1 is 1.23 bits per heavy atom. The van der Waals surface area contributed by atoms with Crippen molar-refractivity contribution >= 4 is 40.6 Å². The molecule has 2 amide bonds. The average molecular weight is 460 g/mol. The van der Waals surface area contributed by atoms with Crippen LogP contribution in [0.4, 0.5) is 4.79 Å². The summed E-state index contributed by atoms with van der Waals surface area (Å²) < 4.78 is 15.8. The zero-order valence-electron chi connectivity index (χ0n) is 16.5. The number of fused-ring (bicyclic) bond motifs is 1. The van der Waals surface area contributed by atoms with Crippen molar-refractivity contribution < 1.29 is 28.9 Å². The van der Waals surface area contributed by atoms with E-state index in [0.29, 0.717) is 39.6 Å². The molecule has 2 heterocycles. The number of aromatic hydroxyl groups is 1. The van der Waals surface area contributed by atoms with Crippen LogP contribution in [0.1, 0.15) is 16.7 Å². The number of methoxy groups -OCH3 is 1. The molecule has 4 rings (SSSR count). The second kappa shape index (κ2) is 8.56. The highest BCUT2D eigenvalue weighted by Gasteiger charge is 2.36. The SMILES string of the molecule is C=CCc1cc(/C=C2\SC(=O)N(Cc3cc4c(cc3Cl)OCO4)C2=O)cc(OC)c1O. The third-order valence-corrected chi connectivity index (χ3v) is 6.06. The van der Waals surface area contributed by atoms with Gasteiger partial charge >= 0.3 is 0 Å². The molecule has 31 heavy (non-hydrogen) atoms. The Bertz CT molecular complexity index is 1130. The molecule has 0 bridgehead atoms. The van der Waals surface area contributed by atoms with Gasteiger partial charge in [0.1, 0.15) is 0 Å². The van der Waals surface area contributed by atoms with Gasteiger partial charge in [0, 0.05) is 16.7 Å². The molecule has 1 fully saturated rings. The van der Waals surface area contributed by atoms with Crippen molar-refractivity contribution in [3.8, 4) is 23.0 Å². The molecular formula is C22H18ClNO6S. The van der Waals surface area contributed by atoms with Crippen molar-refractivity contribution in [1.29, 1.82) is 0 Å². The summed E-state index contributed by atoms with van der Waals surface area (Å²) in [6, 6.07) is 6.61. The zero-order chi connectivity index (χ0) is 22.1. The minimum atomic E-state index is -0.430. The standard InChI is InChI=1S/C22H18ClNO6S/c1-3-4-13-5-12(6-18(28-2)20(13)25)7-19-21(26)24(22(27)31-19)10-14-8-16-17(9-15(14)23)30-11-29-16/h3,5-9,25H,1,4,10-11H2,2H3/b19-7-. The Balaban J connectivity index is 1.61. The third-order valence-electron chi connectivity index (χ3n) is 4.80. The first-order valence-corrected chi connectivity index (χ1v) is 10.4. The molecule has 0 saturated carbocycles. The maximum atomic E-state index is 12.9. The van der Waals surface area contributed by atoms with Gasteiger partial charge < -0.3 is 19.3 Å². The summed E-state index contributed by atoms with van der Waals surface area (Å²) in [6.45, 7) is 3.79. The average Bonchev–Trinajstić information content (AvgIpc) is 3.29. The maximum Gasteiger partial charge on any atom is 0.293 e. The lowest BCUT2D eigenvalue weighted by molar-refractivity contribution is -0.123. The predicted octanol–water partition coefficient (Wildman–Crippen LogP) is 4.75. The third kappa shape index (κ3) is 4.08. The summed E-state index contributed by atoms with van der Waals surface area (Å²) in [5.74, 6) is 0.912. The van der Waals surface area contributed by atoms with Crippen LogP contribution < -0.4 is 14.2 Å². The second-order valence-corrected chi connectivity index (χ2v) is 8.19. The molecule has 9 heteroatoms. The van der Waals surface area contributed by atoms with E-state index in [9.17, 15) is 14.7 Å². The number of carbonyl (C=O) groups is 2. The van der Waals surface area contributed by atoms with Crippen molar-refractivity contribution in [3.05, 3.63) is 63.5 Å². The fraction of sp³-hybridized carbons (Fsp3) is 0.182. The highest BCUT2D eigenvalue weighted by Crippen LogP contribution is 2.40. The fourth-order valence-electron chi connectivity index (χ4n) is 3.28. The van der Waals surface area contributed by atoms with Crippen LogP contribution in [-0.2, 0) is 17.8 Å². The van der Waals surface area contributed by atoms with Crippen LogP contribution in [0.2, 0.25) is 5.02 Å². The molecular weight excluding hydrogens is 442 g/mol. The van der Waals surface area contributed by atoms with Gasteiger partial charge in [0.05, 0.1) is 18.6 Å². The van der Waals surface area contributed by atoms with E-state index in [-0.39, 0.29) is 29.7 Å². The molecule has 2 aromatic rings. The van der Waals surface area contributed by atoms with E-state index in [2.05, 4.69) is 6.58 Å². The monoisotopic (exact) mass is 459 g/mol. The maximum absolute atomic E-state index is 12.9. The molecule has 0 aliphatic carbocycles. The first-order chi connectivity index (χ1) is 14.9. The van der Waals surface area contributed by atoms with E-state index in [1.807, 2.05) is 0 Å².